The van der Waals surface area contributed by atoms with E-state index in [0.29, 0.717) is 23.1 Å². The number of thioether (sulfide) groups is 1. The average molecular weight is 383 g/mol. The first kappa shape index (κ1) is 16.9. The molecule has 0 aliphatic carbocycles. The van der Waals surface area contributed by atoms with Gasteiger partial charge in [-0.1, -0.05) is 41.9 Å². The van der Waals surface area contributed by atoms with Gasteiger partial charge in [-0.15, -0.1) is 22.0 Å². The molecule has 0 unspecified atom stereocenters. The van der Waals surface area contributed by atoms with Gasteiger partial charge in [0.2, 0.25) is 5.91 Å². The summed E-state index contributed by atoms with van der Waals surface area (Å²) in [6.45, 7) is 0.334. The first-order valence-electron chi connectivity index (χ1n) is 8.08. The molecule has 2 aromatic heterocycles. The van der Waals surface area contributed by atoms with Gasteiger partial charge in [-0.2, -0.15) is 0 Å². The van der Waals surface area contributed by atoms with Crippen LogP contribution in [0, 0.1) is 0 Å². The Bertz CT molecular complexity index is 1090. The maximum Gasteiger partial charge on any atom is 0.230 e. The van der Waals surface area contributed by atoms with Crippen LogP contribution in [0.5, 0.6) is 0 Å². The van der Waals surface area contributed by atoms with E-state index in [2.05, 4.69) is 15.5 Å². The highest BCUT2D eigenvalue weighted by atomic mass is 35.5. The summed E-state index contributed by atoms with van der Waals surface area (Å²) in [7, 11) is 0. The first-order chi connectivity index (χ1) is 12.7. The van der Waals surface area contributed by atoms with Crippen LogP contribution in [0.3, 0.4) is 0 Å². The van der Waals surface area contributed by atoms with Crippen LogP contribution in [0.4, 0.5) is 0 Å². The van der Waals surface area contributed by atoms with Crippen LogP contribution >= 0.6 is 23.4 Å². The normalized spacial score (nSPS) is 11.1. The Hall–Kier alpha value is -2.57. The van der Waals surface area contributed by atoms with Crippen LogP contribution in [0.25, 0.3) is 16.4 Å². The topological polar surface area (TPSA) is 59.3 Å². The van der Waals surface area contributed by atoms with Gasteiger partial charge in [-0.25, -0.2) is 0 Å². The van der Waals surface area contributed by atoms with Gasteiger partial charge in [0.05, 0.1) is 12.3 Å². The second-order valence-electron chi connectivity index (χ2n) is 5.70. The summed E-state index contributed by atoms with van der Waals surface area (Å²) in [6.07, 6.45) is 1.88. The Kier molecular flexibility index (Phi) is 4.77. The molecule has 26 heavy (non-hydrogen) atoms. The van der Waals surface area contributed by atoms with Gasteiger partial charge in [0.15, 0.2) is 11.5 Å². The fourth-order valence-electron chi connectivity index (χ4n) is 2.77. The minimum absolute atomic E-state index is 0.0632. The molecule has 7 heteroatoms. The highest BCUT2D eigenvalue weighted by Crippen LogP contribution is 2.33. The van der Waals surface area contributed by atoms with E-state index in [1.54, 1.807) is 0 Å². The van der Waals surface area contributed by atoms with Crippen molar-refractivity contribution in [3.8, 4) is 0 Å². The molecule has 0 saturated carbocycles. The second kappa shape index (κ2) is 7.35. The predicted molar refractivity (Wildman–Crippen MR) is 105 cm³/mol. The number of rotatable bonds is 5. The van der Waals surface area contributed by atoms with Crippen LogP contribution in [-0.2, 0) is 11.3 Å². The fraction of sp³-hybridized carbons (Fsp3) is 0.105. The zero-order valence-corrected chi connectivity index (χ0v) is 15.3. The Labute approximate surface area is 159 Å². The largest absolute Gasteiger partial charge is 0.348 e. The van der Waals surface area contributed by atoms with Crippen LogP contribution in [0.1, 0.15) is 5.82 Å². The highest BCUT2D eigenvalue weighted by molar-refractivity contribution is 8.00. The molecular weight excluding hydrogens is 368 g/mol. The minimum atomic E-state index is -0.0632. The molecule has 1 N–H and O–H groups in total. The molecule has 0 radical (unpaired) electrons. The summed E-state index contributed by atoms with van der Waals surface area (Å²) in [5.41, 5.74) is 0.761. The summed E-state index contributed by atoms with van der Waals surface area (Å²) >= 11 is 7.80. The molecule has 1 amide bonds. The lowest BCUT2D eigenvalue weighted by molar-refractivity contribution is -0.118. The highest BCUT2D eigenvalue weighted by Gasteiger charge is 2.10. The molecular formula is C19H15ClN4OS. The molecule has 0 atom stereocenters. The van der Waals surface area contributed by atoms with Gasteiger partial charge in [0.25, 0.3) is 0 Å². The lowest BCUT2D eigenvalue weighted by Gasteiger charge is -2.08. The zero-order valence-electron chi connectivity index (χ0n) is 13.7. The molecule has 0 aliphatic rings. The number of amides is 1. The number of hydrogen-bond donors (Lipinski definition) is 1. The van der Waals surface area contributed by atoms with Crippen LogP contribution < -0.4 is 5.32 Å². The molecule has 0 spiro atoms. The van der Waals surface area contributed by atoms with Crippen molar-refractivity contribution in [2.24, 2.45) is 0 Å². The summed E-state index contributed by atoms with van der Waals surface area (Å²) in [5.74, 6) is 0.944. The van der Waals surface area contributed by atoms with Crippen molar-refractivity contribution in [1.82, 2.24) is 19.9 Å². The number of carbonyl (C=O) groups is 1. The van der Waals surface area contributed by atoms with Crippen molar-refractivity contribution in [3.05, 3.63) is 71.6 Å². The molecule has 0 bridgehead atoms. The number of nitrogens with zero attached hydrogens (tertiary/aromatic N) is 3. The predicted octanol–water partition coefficient (Wildman–Crippen LogP) is 3.94. The van der Waals surface area contributed by atoms with E-state index in [4.69, 9.17) is 11.6 Å². The summed E-state index contributed by atoms with van der Waals surface area (Å²) in [6, 6.07) is 17.5. The standard InChI is InChI=1S/C19H15ClN4OS/c20-14-7-3-5-13-6-4-8-15(19(13)14)26-12-18(25)21-11-17-23-22-16-9-1-2-10-24(16)17/h1-10H,11-12H2,(H,21,25). The van der Waals surface area contributed by atoms with E-state index in [-0.39, 0.29) is 5.91 Å². The number of fused-ring (bicyclic) bond motifs is 2. The molecule has 2 heterocycles. The third kappa shape index (κ3) is 3.38. The van der Waals surface area contributed by atoms with E-state index >= 15 is 0 Å². The quantitative estimate of drug-likeness (QED) is 0.531. The van der Waals surface area contributed by atoms with E-state index in [9.17, 15) is 4.79 Å². The SMILES string of the molecule is O=C(CSc1cccc2cccc(Cl)c12)NCc1nnc2ccccn12. The monoisotopic (exact) mass is 382 g/mol. The molecule has 2 aromatic carbocycles. The Balaban J connectivity index is 1.42. The average Bonchev–Trinajstić information content (AvgIpc) is 3.08. The molecule has 0 fully saturated rings. The summed E-state index contributed by atoms with van der Waals surface area (Å²) in [4.78, 5) is 13.2. The van der Waals surface area contributed by atoms with Crippen molar-refractivity contribution < 1.29 is 4.79 Å². The molecule has 5 nitrogen and oxygen atoms in total. The zero-order chi connectivity index (χ0) is 17.9. The van der Waals surface area contributed by atoms with Crippen molar-refractivity contribution in [2.75, 3.05) is 5.75 Å². The number of pyridine rings is 1. The van der Waals surface area contributed by atoms with E-state index < -0.39 is 0 Å². The Morgan fingerprint density at radius 1 is 1.08 bits per heavy atom. The smallest absolute Gasteiger partial charge is 0.230 e. The summed E-state index contributed by atoms with van der Waals surface area (Å²) in [5, 5.41) is 13.8. The second-order valence-corrected chi connectivity index (χ2v) is 7.13. The molecule has 0 saturated heterocycles. The first-order valence-corrected chi connectivity index (χ1v) is 9.44. The van der Waals surface area contributed by atoms with Gasteiger partial charge in [0.1, 0.15) is 0 Å². The number of aromatic nitrogens is 3. The molecule has 130 valence electrons. The van der Waals surface area contributed by atoms with Gasteiger partial charge >= 0.3 is 0 Å². The lowest BCUT2D eigenvalue weighted by Crippen LogP contribution is -2.25. The number of halogens is 1. The van der Waals surface area contributed by atoms with Crippen molar-refractivity contribution in [3.63, 3.8) is 0 Å². The molecule has 4 rings (SSSR count). The van der Waals surface area contributed by atoms with E-state index in [1.807, 2.05) is 65.2 Å². The van der Waals surface area contributed by atoms with Crippen molar-refractivity contribution in [1.29, 1.82) is 0 Å². The van der Waals surface area contributed by atoms with Crippen molar-refractivity contribution >= 4 is 45.7 Å². The number of nitrogens with one attached hydrogen (secondary N) is 1. The number of carbonyl (C=O) groups excluding carboxylic acids is 1. The van der Waals surface area contributed by atoms with Crippen LogP contribution in [0.2, 0.25) is 5.02 Å². The third-order valence-corrected chi connectivity index (χ3v) is 5.38. The van der Waals surface area contributed by atoms with E-state index in [1.165, 1.54) is 11.8 Å². The molecule has 4 aromatic rings. The lowest BCUT2D eigenvalue weighted by atomic mass is 10.1. The van der Waals surface area contributed by atoms with Crippen LogP contribution in [0.15, 0.2) is 65.7 Å². The maximum absolute atomic E-state index is 12.2. The van der Waals surface area contributed by atoms with Gasteiger partial charge in [-0.05, 0) is 29.7 Å². The van der Waals surface area contributed by atoms with Gasteiger partial charge < -0.3 is 5.32 Å². The number of benzene rings is 2. The van der Waals surface area contributed by atoms with E-state index in [0.717, 1.165) is 21.3 Å². The third-order valence-electron chi connectivity index (χ3n) is 4.00. The summed E-state index contributed by atoms with van der Waals surface area (Å²) < 4.78 is 1.86. The Morgan fingerprint density at radius 2 is 1.92 bits per heavy atom. The van der Waals surface area contributed by atoms with Crippen LogP contribution in [-0.4, -0.2) is 26.3 Å². The maximum atomic E-state index is 12.2. The minimum Gasteiger partial charge on any atom is -0.348 e. The fourth-order valence-corrected chi connectivity index (χ4v) is 4.04. The molecule has 0 aliphatic heterocycles. The van der Waals surface area contributed by atoms with Gasteiger partial charge in [0, 0.05) is 21.5 Å². The van der Waals surface area contributed by atoms with Crippen molar-refractivity contribution in [2.45, 2.75) is 11.4 Å². The Morgan fingerprint density at radius 3 is 2.81 bits per heavy atom. The van der Waals surface area contributed by atoms with Gasteiger partial charge in [-0.3, -0.25) is 9.20 Å². The number of hydrogen-bond acceptors (Lipinski definition) is 4.